The summed E-state index contributed by atoms with van der Waals surface area (Å²) in [6.07, 6.45) is 0.256. The monoisotopic (exact) mass is 339 g/mol. The SMILES string of the molecule is CC(N)c1csc(NS(=O)(=O)C2CCS(=O)(=O)CC2)n1. The molecule has 1 saturated heterocycles. The molecule has 1 fully saturated rings. The molecule has 2 rings (SSSR count). The molecule has 2 heterocycles. The zero-order valence-electron chi connectivity index (χ0n) is 10.9. The first-order valence-corrected chi connectivity index (χ1v) is 10.4. The standard InChI is InChI=1S/C10H17N3O4S3/c1-7(11)9-6-18-10(12-9)13-20(16,17)8-2-4-19(14,15)5-3-8/h6-8H,2-5,11H2,1H3,(H,12,13). The fourth-order valence-corrected chi connectivity index (χ4v) is 6.23. The molecular weight excluding hydrogens is 322 g/mol. The van der Waals surface area contributed by atoms with Crippen LogP contribution < -0.4 is 10.5 Å². The van der Waals surface area contributed by atoms with Gasteiger partial charge in [0.05, 0.1) is 22.4 Å². The predicted molar refractivity (Wildman–Crippen MR) is 78.9 cm³/mol. The van der Waals surface area contributed by atoms with E-state index in [1.807, 2.05) is 0 Å². The van der Waals surface area contributed by atoms with Crippen LogP contribution in [0.25, 0.3) is 0 Å². The second kappa shape index (κ2) is 5.58. The second-order valence-corrected chi connectivity index (χ2v) is 9.99. The number of nitrogens with zero attached hydrogens (tertiary/aromatic N) is 1. The van der Waals surface area contributed by atoms with Crippen molar-refractivity contribution in [3.63, 3.8) is 0 Å². The third-order valence-electron chi connectivity index (χ3n) is 3.16. The van der Waals surface area contributed by atoms with Gasteiger partial charge in [0.25, 0.3) is 0 Å². The molecule has 1 atom stereocenters. The molecule has 20 heavy (non-hydrogen) atoms. The molecule has 0 aliphatic carbocycles. The van der Waals surface area contributed by atoms with Crippen molar-refractivity contribution in [2.24, 2.45) is 5.73 Å². The molecular formula is C10H17N3O4S3. The largest absolute Gasteiger partial charge is 0.323 e. The molecule has 0 amide bonds. The van der Waals surface area contributed by atoms with E-state index in [4.69, 9.17) is 5.73 Å². The number of thiazole rings is 1. The maximum atomic E-state index is 12.2. The molecule has 1 aromatic rings. The highest BCUT2D eigenvalue weighted by atomic mass is 32.2. The van der Waals surface area contributed by atoms with Crippen LogP contribution in [0.3, 0.4) is 0 Å². The van der Waals surface area contributed by atoms with Crippen molar-refractivity contribution in [3.05, 3.63) is 11.1 Å². The van der Waals surface area contributed by atoms with Crippen molar-refractivity contribution in [2.75, 3.05) is 16.2 Å². The number of anilines is 1. The molecule has 0 radical (unpaired) electrons. The summed E-state index contributed by atoms with van der Waals surface area (Å²) < 4.78 is 49.4. The van der Waals surface area contributed by atoms with E-state index in [-0.39, 0.29) is 35.5 Å². The van der Waals surface area contributed by atoms with Gasteiger partial charge in [-0.2, -0.15) is 0 Å². The Morgan fingerprint density at radius 1 is 1.45 bits per heavy atom. The lowest BCUT2D eigenvalue weighted by Gasteiger charge is -2.21. The topological polar surface area (TPSA) is 119 Å². The summed E-state index contributed by atoms with van der Waals surface area (Å²) in [5.41, 5.74) is 6.29. The van der Waals surface area contributed by atoms with Gasteiger partial charge in [0, 0.05) is 11.4 Å². The molecule has 0 aromatic carbocycles. The van der Waals surface area contributed by atoms with Crippen molar-refractivity contribution in [2.45, 2.75) is 31.1 Å². The first kappa shape index (κ1) is 15.7. The number of rotatable bonds is 4. The lowest BCUT2D eigenvalue weighted by molar-refractivity contribution is 0.555. The van der Waals surface area contributed by atoms with Gasteiger partial charge in [-0.05, 0) is 19.8 Å². The van der Waals surface area contributed by atoms with Crippen molar-refractivity contribution < 1.29 is 16.8 Å². The van der Waals surface area contributed by atoms with Gasteiger partial charge in [0.1, 0.15) is 9.84 Å². The lowest BCUT2D eigenvalue weighted by atomic mass is 10.2. The summed E-state index contributed by atoms with van der Waals surface area (Å²) in [5.74, 6) is -0.164. The highest BCUT2D eigenvalue weighted by molar-refractivity contribution is 7.94. The van der Waals surface area contributed by atoms with E-state index in [1.54, 1.807) is 12.3 Å². The Morgan fingerprint density at radius 3 is 2.55 bits per heavy atom. The zero-order valence-corrected chi connectivity index (χ0v) is 13.4. The molecule has 0 spiro atoms. The Bertz CT molecular complexity index is 664. The van der Waals surface area contributed by atoms with Crippen molar-refractivity contribution in [3.8, 4) is 0 Å². The van der Waals surface area contributed by atoms with Crippen molar-refractivity contribution in [1.29, 1.82) is 0 Å². The molecule has 1 aromatic heterocycles. The van der Waals surface area contributed by atoms with E-state index in [0.717, 1.165) is 0 Å². The third kappa shape index (κ3) is 3.68. The summed E-state index contributed by atoms with van der Waals surface area (Å²) in [5, 5.41) is 1.29. The van der Waals surface area contributed by atoms with Crippen LogP contribution in [-0.2, 0) is 19.9 Å². The summed E-state index contributed by atoms with van der Waals surface area (Å²) in [6.45, 7) is 1.76. The highest BCUT2D eigenvalue weighted by Gasteiger charge is 2.33. The first-order chi connectivity index (χ1) is 9.20. The molecule has 10 heteroatoms. The molecule has 114 valence electrons. The lowest BCUT2D eigenvalue weighted by Crippen LogP contribution is -2.36. The van der Waals surface area contributed by atoms with Crippen LogP contribution in [0.2, 0.25) is 0 Å². The minimum absolute atomic E-state index is 0.0818. The number of sulfone groups is 1. The summed E-state index contributed by atoms with van der Waals surface area (Å²) in [6, 6.07) is -0.260. The zero-order chi connectivity index (χ0) is 15.0. The Balaban J connectivity index is 2.07. The van der Waals surface area contributed by atoms with Crippen LogP contribution in [0.15, 0.2) is 5.38 Å². The quantitative estimate of drug-likeness (QED) is 0.823. The Morgan fingerprint density at radius 2 is 2.05 bits per heavy atom. The average Bonchev–Trinajstić information content (AvgIpc) is 2.76. The molecule has 1 aliphatic heterocycles. The van der Waals surface area contributed by atoms with Gasteiger partial charge in [0.15, 0.2) is 5.13 Å². The molecule has 3 N–H and O–H groups in total. The van der Waals surface area contributed by atoms with Gasteiger partial charge in [-0.3, -0.25) is 4.72 Å². The number of hydrogen-bond acceptors (Lipinski definition) is 7. The second-order valence-electron chi connectivity index (χ2n) is 4.86. The van der Waals surface area contributed by atoms with E-state index in [1.165, 1.54) is 11.3 Å². The fourth-order valence-electron chi connectivity index (χ4n) is 1.93. The maximum absolute atomic E-state index is 12.2. The Labute approximate surface area is 122 Å². The van der Waals surface area contributed by atoms with Gasteiger partial charge >= 0.3 is 0 Å². The van der Waals surface area contributed by atoms with Gasteiger partial charge in [-0.15, -0.1) is 11.3 Å². The maximum Gasteiger partial charge on any atom is 0.237 e. The van der Waals surface area contributed by atoms with Crippen LogP contribution in [-0.4, -0.2) is 38.6 Å². The minimum atomic E-state index is -3.61. The normalized spacial score (nSPS) is 21.5. The van der Waals surface area contributed by atoms with E-state index >= 15 is 0 Å². The number of aromatic nitrogens is 1. The van der Waals surface area contributed by atoms with Crippen LogP contribution in [0.4, 0.5) is 5.13 Å². The van der Waals surface area contributed by atoms with E-state index in [2.05, 4.69) is 9.71 Å². The van der Waals surface area contributed by atoms with Crippen molar-refractivity contribution in [1.82, 2.24) is 4.98 Å². The Hall–Kier alpha value is -0.710. The first-order valence-electron chi connectivity index (χ1n) is 6.13. The van der Waals surface area contributed by atoms with Gasteiger partial charge in [0.2, 0.25) is 10.0 Å². The fraction of sp³-hybridized carbons (Fsp3) is 0.700. The molecule has 0 bridgehead atoms. The summed E-state index contributed by atoms with van der Waals surface area (Å²) in [4.78, 5) is 4.10. The highest BCUT2D eigenvalue weighted by Crippen LogP contribution is 2.24. The third-order valence-corrected chi connectivity index (χ3v) is 7.61. The number of nitrogens with two attached hydrogens (primary N) is 1. The van der Waals surface area contributed by atoms with Crippen LogP contribution >= 0.6 is 11.3 Å². The molecule has 0 saturated carbocycles. The summed E-state index contributed by atoms with van der Waals surface area (Å²) >= 11 is 1.17. The van der Waals surface area contributed by atoms with Crippen LogP contribution in [0.1, 0.15) is 31.5 Å². The van der Waals surface area contributed by atoms with Gasteiger partial charge < -0.3 is 5.73 Å². The molecule has 1 aliphatic rings. The molecule has 7 nitrogen and oxygen atoms in total. The van der Waals surface area contributed by atoms with Gasteiger partial charge in [-0.25, -0.2) is 21.8 Å². The molecule has 1 unspecified atom stereocenters. The average molecular weight is 339 g/mol. The summed E-state index contributed by atoms with van der Waals surface area (Å²) in [7, 11) is -6.68. The number of hydrogen-bond donors (Lipinski definition) is 2. The number of nitrogens with one attached hydrogen (secondary N) is 1. The van der Waals surface area contributed by atoms with E-state index in [0.29, 0.717) is 5.69 Å². The minimum Gasteiger partial charge on any atom is -0.323 e. The smallest absolute Gasteiger partial charge is 0.237 e. The van der Waals surface area contributed by atoms with Gasteiger partial charge in [-0.1, -0.05) is 0 Å². The van der Waals surface area contributed by atoms with E-state index < -0.39 is 25.1 Å². The predicted octanol–water partition coefficient (Wildman–Crippen LogP) is 0.482. The Kier molecular flexibility index (Phi) is 4.38. The number of sulfonamides is 1. The van der Waals surface area contributed by atoms with Crippen LogP contribution in [0.5, 0.6) is 0 Å². The van der Waals surface area contributed by atoms with Crippen LogP contribution in [0, 0.1) is 0 Å². The van der Waals surface area contributed by atoms with Crippen molar-refractivity contribution >= 4 is 36.3 Å². The van der Waals surface area contributed by atoms with E-state index in [9.17, 15) is 16.8 Å².